The van der Waals surface area contributed by atoms with Gasteiger partial charge in [0.2, 0.25) is 11.8 Å². The maximum atomic E-state index is 11.8. The second-order valence-corrected chi connectivity index (χ2v) is 5.57. The lowest BCUT2D eigenvalue weighted by Crippen LogP contribution is -2.33. The van der Waals surface area contributed by atoms with E-state index in [0.717, 1.165) is 12.3 Å². The van der Waals surface area contributed by atoms with Gasteiger partial charge in [-0.3, -0.25) is 9.59 Å². The molecule has 0 saturated heterocycles. The molecule has 0 aliphatic rings. The van der Waals surface area contributed by atoms with Gasteiger partial charge in [0, 0.05) is 18.8 Å². The van der Waals surface area contributed by atoms with Crippen molar-refractivity contribution in [3.8, 4) is 5.75 Å². The van der Waals surface area contributed by atoms with Crippen molar-refractivity contribution in [1.29, 1.82) is 0 Å². The molecule has 1 rings (SSSR count). The number of carbonyl (C=O) groups excluding carboxylic acids is 2. The maximum Gasteiger partial charge on any atom is 0.233 e. The van der Waals surface area contributed by atoms with Gasteiger partial charge in [-0.15, -0.1) is 0 Å². The van der Waals surface area contributed by atoms with E-state index in [1.807, 2.05) is 32.8 Å². The fraction of sp³-hybridized carbons (Fsp3) is 0.500. The van der Waals surface area contributed by atoms with Gasteiger partial charge in [-0.05, 0) is 52.2 Å². The highest BCUT2D eigenvalue weighted by molar-refractivity contribution is 6.03. The van der Waals surface area contributed by atoms with E-state index in [0.29, 0.717) is 12.2 Å². The summed E-state index contributed by atoms with van der Waals surface area (Å²) in [5.41, 5.74) is 0.641. The molecule has 6 heteroatoms. The van der Waals surface area contributed by atoms with E-state index in [1.165, 1.54) is 0 Å². The van der Waals surface area contributed by atoms with Crippen molar-refractivity contribution in [2.75, 3.05) is 32.5 Å². The predicted molar refractivity (Wildman–Crippen MR) is 87.0 cm³/mol. The van der Waals surface area contributed by atoms with Crippen LogP contribution in [0.15, 0.2) is 24.3 Å². The number of hydrogen-bond acceptors (Lipinski definition) is 4. The first-order valence-electron chi connectivity index (χ1n) is 7.35. The highest BCUT2D eigenvalue weighted by Gasteiger charge is 2.09. The van der Waals surface area contributed by atoms with Gasteiger partial charge in [0.05, 0.1) is 6.10 Å². The van der Waals surface area contributed by atoms with Gasteiger partial charge in [-0.2, -0.15) is 0 Å². The Balaban J connectivity index is 2.36. The summed E-state index contributed by atoms with van der Waals surface area (Å²) in [6.07, 6.45) is -0.0798. The molecule has 0 aromatic heterocycles. The summed E-state index contributed by atoms with van der Waals surface area (Å²) in [4.78, 5) is 25.3. The van der Waals surface area contributed by atoms with Gasteiger partial charge >= 0.3 is 0 Å². The van der Waals surface area contributed by atoms with Gasteiger partial charge in [0.25, 0.3) is 0 Å². The smallest absolute Gasteiger partial charge is 0.233 e. The summed E-state index contributed by atoms with van der Waals surface area (Å²) in [7, 11) is 3.84. The molecule has 2 N–H and O–H groups in total. The first-order valence-corrected chi connectivity index (χ1v) is 7.35. The molecule has 2 amide bonds. The number of nitrogens with zero attached hydrogens (tertiary/aromatic N) is 1. The van der Waals surface area contributed by atoms with Crippen LogP contribution in [-0.4, -0.2) is 50.0 Å². The molecule has 0 unspecified atom stereocenters. The molecule has 0 fully saturated rings. The lowest BCUT2D eigenvalue weighted by atomic mass is 10.3. The highest BCUT2D eigenvalue weighted by Crippen LogP contribution is 2.16. The predicted octanol–water partition coefficient (Wildman–Crippen LogP) is 1.48. The van der Waals surface area contributed by atoms with Crippen LogP contribution in [0.5, 0.6) is 5.75 Å². The van der Waals surface area contributed by atoms with Crippen molar-refractivity contribution in [3.05, 3.63) is 24.3 Å². The van der Waals surface area contributed by atoms with Gasteiger partial charge in [0.15, 0.2) is 0 Å². The number of amides is 2. The third kappa shape index (κ3) is 7.64. The van der Waals surface area contributed by atoms with E-state index < -0.39 is 0 Å². The minimum atomic E-state index is -0.333. The average Bonchev–Trinajstić information content (AvgIpc) is 2.39. The Morgan fingerprint density at radius 3 is 2.32 bits per heavy atom. The number of benzene rings is 1. The molecular formula is C16H25N3O3. The fourth-order valence-electron chi connectivity index (χ4n) is 1.72. The molecule has 0 heterocycles. The van der Waals surface area contributed by atoms with Crippen LogP contribution in [0, 0.1) is 0 Å². The second-order valence-electron chi connectivity index (χ2n) is 5.57. The van der Waals surface area contributed by atoms with E-state index in [-0.39, 0.29) is 24.3 Å². The Morgan fingerprint density at radius 2 is 1.77 bits per heavy atom. The lowest BCUT2D eigenvalue weighted by Gasteiger charge is -2.11. The maximum absolute atomic E-state index is 11.8. The summed E-state index contributed by atoms with van der Waals surface area (Å²) in [5.74, 6) is 0.133. The summed E-state index contributed by atoms with van der Waals surface area (Å²) in [6.45, 7) is 5.17. The van der Waals surface area contributed by atoms with Gasteiger partial charge in [-0.1, -0.05) is 0 Å². The number of rotatable bonds is 8. The Kier molecular flexibility index (Phi) is 7.39. The molecular weight excluding hydrogens is 282 g/mol. The molecule has 0 spiro atoms. The standard InChI is InChI=1S/C16H25N3O3/c1-12(2)22-14-7-5-13(6-8-14)18-16(21)11-15(20)17-9-10-19(3)4/h5-8,12H,9-11H2,1-4H3,(H,17,20)(H,18,21). The minimum absolute atomic E-state index is 0.103. The van der Waals surface area contributed by atoms with E-state index >= 15 is 0 Å². The monoisotopic (exact) mass is 307 g/mol. The van der Waals surface area contributed by atoms with Gasteiger partial charge < -0.3 is 20.3 Å². The lowest BCUT2D eigenvalue weighted by molar-refractivity contribution is -0.126. The van der Waals surface area contributed by atoms with Gasteiger partial charge in [0.1, 0.15) is 12.2 Å². The number of likely N-dealkylation sites (N-methyl/N-ethyl adjacent to an activating group) is 1. The minimum Gasteiger partial charge on any atom is -0.491 e. The fourth-order valence-corrected chi connectivity index (χ4v) is 1.72. The van der Waals surface area contributed by atoms with Crippen LogP contribution in [0.25, 0.3) is 0 Å². The zero-order chi connectivity index (χ0) is 16.5. The van der Waals surface area contributed by atoms with E-state index in [2.05, 4.69) is 10.6 Å². The van der Waals surface area contributed by atoms with Crippen LogP contribution in [0.3, 0.4) is 0 Å². The third-order valence-electron chi connectivity index (χ3n) is 2.71. The topological polar surface area (TPSA) is 70.7 Å². The van der Waals surface area contributed by atoms with Crippen molar-refractivity contribution in [3.63, 3.8) is 0 Å². The molecule has 0 atom stereocenters. The van der Waals surface area contributed by atoms with Crippen LogP contribution in [0.2, 0.25) is 0 Å². The summed E-state index contributed by atoms with van der Waals surface area (Å²) in [5, 5.41) is 5.39. The Hall–Kier alpha value is -2.08. The Bertz CT molecular complexity index is 484. The summed E-state index contributed by atoms with van der Waals surface area (Å²) >= 11 is 0. The molecule has 0 aliphatic carbocycles. The van der Waals surface area contributed by atoms with Crippen LogP contribution in [0.4, 0.5) is 5.69 Å². The first-order chi connectivity index (χ1) is 10.4. The Labute approximate surface area is 131 Å². The molecule has 0 aliphatic heterocycles. The van der Waals surface area contributed by atoms with Crippen LogP contribution < -0.4 is 15.4 Å². The first kappa shape index (κ1) is 18.0. The normalized spacial score (nSPS) is 10.6. The summed E-state index contributed by atoms with van der Waals surface area (Å²) in [6, 6.07) is 7.07. The van der Waals surface area contributed by atoms with E-state index in [1.54, 1.807) is 24.3 Å². The van der Waals surface area contributed by atoms with Crippen molar-refractivity contribution >= 4 is 17.5 Å². The van der Waals surface area contributed by atoms with Crippen LogP contribution >= 0.6 is 0 Å². The Morgan fingerprint density at radius 1 is 1.14 bits per heavy atom. The quantitative estimate of drug-likeness (QED) is 0.714. The van der Waals surface area contributed by atoms with Crippen LogP contribution in [-0.2, 0) is 9.59 Å². The highest BCUT2D eigenvalue weighted by atomic mass is 16.5. The number of nitrogens with one attached hydrogen (secondary N) is 2. The number of ether oxygens (including phenoxy) is 1. The molecule has 1 aromatic rings. The van der Waals surface area contributed by atoms with Crippen molar-refractivity contribution in [2.24, 2.45) is 0 Å². The number of hydrogen-bond donors (Lipinski definition) is 2. The van der Waals surface area contributed by atoms with Crippen molar-refractivity contribution in [2.45, 2.75) is 26.4 Å². The molecule has 1 aromatic carbocycles. The molecule has 6 nitrogen and oxygen atoms in total. The van der Waals surface area contributed by atoms with E-state index in [4.69, 9.17) is 4.74 Å². The molecule has 22 heavy (non-hydrogen) atoms. The van der Waals surface area contributed by atoms with E-state index in [9.17, 15) is 9.59 Å². The number of anilines is 1. The van der Waals surface area contributed by atoms with Crippen molar-refractivity contribution < 1.29 is 14.3 Å². The van der Waals surface area contributed by atoms with Crippen LogP contribution in [0.1, 0.15) is 20.3 Å². The summed E-state index contributed by atoms with van der Waals surface area (Å²) < 4.78 is 5.52. The third-order valence-corrected chi connectivity index (χ3v) is 2.71. The zero-order valence-corrected chi connectivity index (χ0v) is 13.7. The van der Waals surface area contributed by atoms with Gasteiger partial charge in [-0.25, -0.2) is 0 Å². The molecule has 0 bridgehead atoms. The average molecular weight is 307 g/mol. The molecule has 0 saturated carbocycles. The molecule has 122 valence electrons. The molecule has 0 radical (unpaired) electrons. The number of carbonyl (C=O) groups is 2. The zero-order valence-electron chi connectivity index (χ0n) is 13.7. The van der Waals surface area contributed by atoms with Crippen molar-refractivity contribution in [1.82, 2.24) is 10.2 Å². The SMILES string of the molecule is CC(C)Oc1ccc(NC(=O)CC(=O)NCCN(C)C)cc1. The largest absolute Gasteiger partial charge is 0.491 e. The second kappa shape index (κ2) is 9.04.